The van der Waals surface area contributed by atoms with Gasteiger partial charge in [0.25, 0.3) is 0 Å². The van der Waals surface area contributed by atoms with Crippen LogP contribution in [-0.2, 0) is 11.3 Å². The van der Waals surface area contributed by atoms with E-state index in [4.69, 9.17) is 5.73 Å². The molecule has 0 aliphatic carbocycles. The standard InChI is InChI=1S/C16H25N3O.2ClH/c1-13(17)16(20)18-11-14-7-9-19(10-8-14)12-15-5-3-2-4-6-15;;/h2-6,13-14H,7-12,17H2,1H3,(H,18,20);2*1H. The van der Waals surface area contributed by atoms with Crippen molar-refractivity contribution in [1.29, 1.82) is 0 Å². The molecular formula is C16H27Cl2N3O. The second kappa shape index (κ2) is 10.8. The normalized spacial score (nSPS) is 17.0. The highest BCUT2D eigenvalue weighted by molar-refractivity contribution is 5.85. The van der Waals surface area contributed by atoms with E-state index < -0.39 is 6.04 Å². The number of nitrogens with zero attached hydrogens (tertiary/aromatic N) is 1. The molecular weight excluding hydrogens is 321 g/mol. The molecule has 1 amide bonds. The number of benzene rings is 1. The fraction of sp³-hybridized carbons (Fsp3) is 0.562. The second-order valence-corrected chi connectivity index (χ2v) is 5.74. The van der Waals surface area contributed by atoms with Crippen molar-refractivity contribution in [3.63, 3.8) is 0 Å². The Morgan fingerprint density at radius 3 is 2.41 bits per heavy atom. The van der Waals surface area contributed by atoms with Crippen LogP contribution in [0.1, 0.15) is 25.3 Å². The third-order valence-electron chi connectivity index (χ3n) is 3.93. The van der Waals surface area contributed by atoms with Crippen LogP contribution in [0.3, 0.4) is 0 Å². The maximum atomic E-state index is 11.4. The highest BCUT2D eigenvalue weighted by Crippen LogP contribution is 2.18. The molecule has 1 heterocycles. The van der Waals surface area contributed by atoms with E-state index in [9.17, 15) is 4.79 Å². The number of halogens is 2. The molecule has 1 atom stereocenters. The SMILES string of the molecule is CC(N)C(=O)NCC1CCN(Cc2ccccc2)CC1.Cl.Cl. The monoisotopic (exact) mass is 347 g/mol. The molecule has 22 heavy (non-hydrogen) atoms. The van der Waals surface area contributed by atoms with E-state index in [0.717, 1.165) is 39.0 Å². The van der Waals surface area contributed by atoms with E-state index >= 15 is 0 Å². The zero-order valence-corrected chi connectivity index (χ0v) is 14.7. The fourth-order valence-electron chi connectivity index (χ4n) is 2.60. The smallest absolute Gasteiger partial charge is 0.236 e. The zero-order valence-electron chi connectivity index (χ0n) is 13.0. The van der Waals surface area contributed by atoms with Crippen molar-refractivity contribution in [2.45, 2.75) is 32.4 Å². The summed E-state index contributed by atoms with van der Waals surface area (Å²) < 4.78 is 0. The number of carbonyl (C=O) groups is 1. The Morgan fingerprint density at radius 1 is 1.27 bits per heavy atom. The first-order valence-corrected chi connectivity index (χ1v) is 7.44. The molecule has 2 rings (SSSR count). The van der Waals surface area contributed by atoms with Crippen LogP contribution in [0.15, 0.2) is 30.3 Å². The van der Waals surface area contributed by atoms with Gasteiger partial charge in [-0.25, -0.2) is 0 Å². The van der Waals surface area contributed by atoms with Crippen LogP contribution in [0, 0.1) is 5.92 Å². The topological polar surface area (TPSA) is 58.4 Å². The van der Waals surface area contributed by atoms with E-state index in [2.05, 4.69) is 40.5 Å². The first-order valence-electron chi connectivity index (χ1n) is 7.44. The van der Waals surface area contributed by atoms with Crippen molar-refractivity contribution in [2.24, 2.45) is 11.7 Å². The highest BCUT2D eigenvalue weighted by Gasteiger charge is 2.20. The molecule has 0 saturated carbocycles. The first kappa shape index (κ1) is 21.2. The third kappa shape index (κ3) is 6.97. The van der Waals surface area contributed by atoms with E-state index in [1.807, 2.05) is 0 Å². The molecule has 1 aromatic rings. The Bertz CT molecular complexity index is 421. The maximum Gasteiger partial charge on any atom is 0.236 e. The van der Waals surface area contributed by atoms with Crippen LogP contribution in [0.5, 0.6) is 0 Å². The van der Waals surface area contributed by atoms with Gasteiger partial charge in [-0.2, -0.15) is 0 Å². The van der Waals surface area contributed by atoms with E-state index in [0.29, 0.717) is 5.92 Å². The minimum atomic E-state index is -0.409. The molecule has 4 nitrogen and oxygen atoms in total. The first-order chi connectivity index (χ1) is 9.65. The van der Waals surface area contributed by atoms with Crippen LogP contribution in [-0.4, -0.2) is 36.5 Å². The second-order valence-electron chi connectivity index (χ2n) is 5.74. The zero-order chi connectivity index (χ0) is 14.4. The average Bonchev–Trinajstić information content (AvgIpc) is 2.47. The van der Waals surface area contributed by atoms with Gasteiger partial charge in [0.1, 0.15) is 0 Å². The number of nitrogens with one attached hydrogen (secondary N) is 1. The summed E-state index contributed by atoms with van der Waals surface area (Å²) in [6.45, 7) is 5.72. The lowest BCUT2D eigenvalue weighted by molar-refractivity contribution is -0.122. The quantitative estimate of drug-likeness (QED) is 0.858. The van der Waals surface area contributed by atoms with E-state index in [1.165, 1.54) is 5.56 Å². The maximum absolute atomic E-state index is 11.4. The Morgan fingerprint density at radius 2 is 1.86 bits per heavy atom. The van der Waals surface area contributed by atoms with Crippen molar-refractivity contribution >= 4 is 30.7 Å². The summed E-state index contributed by atoms with van der Waals surface area (Å²) in [4.78, 5) is 13.9. The van der Waals surface area contributed by atoms with Crippen molar-refractivity contribution < 1.29 is 4.79 Å². The van der Waals surface area contributed by atoms with Gasteiger partial charge in [0.15, 0.2) is 0 Å². The molecule has 1 aliphatic heterocycles. The highest BCUT2D eigenvalue weighted by atomic mass is 35.5. The van der Waals surface area contributed by atoms with E-state index in [1.54, 1.807) is 6.92 Å². The van der Waals surface area contributed by atoms with Gasteiger partial charge in [-0.15, -0.1) is 24.8 Å². The van der Waals surface area contributed by atoms with E-state index in [-0.39, 0.29) is 30.7 Å². The number of amides is 1. The van der Waals surface area contributed by atoms with Gasteiger partial charge in [0, 0.05) is 13.1 Å². The molecule has 0 spiro atoms. The third-order valence-corrected chi connectivity index (χ3v) is 3.93. The van der Waals surface area contributed by atoms with Crippen LogP contribution < -0.4 is 11.1 Å². The molecule has 1 aliphatic rings. The largest absolute Gasteiger partial charge is 0.354 e. The molecule has 6 heteroatoms. The van der Waals surface area contributed by atoms with Crippen LogP contribution in [0.2, 0.25) is 0 Å². The van der Waals surface area contributed by atoms with Crippen molar-refractivity contribution in [2.75, 3.05) is 19.6 Å². The Kier molecular flexibility index (Phi) is 10.4. The van der Waals surface area contributed by atoms with Gasteiger partial charge >= 0.3 is 0 Å². The summed E-state index contributed by atoms with van der Waals surface area (Å²) in [7, 11) is 0. The Labute approximate surface area is 145 Å². The van der Waals surface area contributed by atoms with Crippen molar-refractivity contribution in [3.05, 3.63) is 35.9 Å². The van der Waals surface area contributed by atoms with Gasteiger partial charge in [-0.1, -0.05) is 30.3 Å². The number of likely N-dealkylation sites (tertiary alicyclic amines) is 1. The molecule has 0 radical (unpaired) electrons. The number of carbonyl (C=O) groups excluding carboxylic acids is 1. The minimum absolute atomic E-state index is 0. The summed E-state index contributed by atoms with van der Waals surface area (Å²) >= 11 is 0. The van der Waals surface area contributed by atoms with Gasteiger partial charge in [-0.05, 0) is 44.3 Å². The number of hydrogen-bond donors (Lipinski definition) is 2. The summed E-state index contributed by atoms with van der Waals surface area (Å²) in [6.07, 6.45) is 2.29. The minimum Gasteiger partial charge on any atom is -0.354 e. The van der Waals surface area contributed by atoms with Crippen LogP contribution in [0.25, 0.3) is 0 Å². The number of hydrogen-bond acceptors (Lipinski definition) is 3. The summed E-state index contributed by atoms with van der Waals surface area (Å²) in [5.74, 6) is 0.543. The molecule has 3 N–H and O–H groups in total. The lowest BCUT2D eigenvalue weighted by Crippen LogP contribution is -2.43. The predicted molar refractivity (Wildman–Crippen MR) is 95.6 cm³/mol. The number of rotatable bonds is 5. The lowest BCUT2D eigenvalue weighted by Gasteiger charge is -2.32. The van der Waals surface area contributed by atoms with Crippen LogP contribution in [0.4, 0.5) is 0 Å². The van der Waals surface area contributed by atoms with Crippen molar-refractivity contribution in [3.8, 4) is 0 Å². The van der Waals surface area contributed by atoms with Gasteiger partial charge in [0.05, 0.1) is 6.04 Å². The Balaban J connectivity index is 0.00000220. The molecule has 1 fully saturated rings. The van der Waals surface area contributed by atoms with Crippen molar-refractivity contribution in [1.82, 2.24) is 10.2 Å². The molecule has 1 aromatic carbocycles. The number of nitrogens with two attached hydrogens (primary N) is 1. The fourth-order valence-corrected chi connectivity index (χ4v) is 2.60. The number of piperidine rings is 1. The van der Waals surface area contributed by atoms with Gasteiger partial charge in [0.2, 0.25) is 5.91 Å². The molecule has 126 valence electrons. The van der Waals surface area contributed by atoms with Crippen LogP contribution >= 0.6 is 24.8 Å². The molecule has 1 saturated heterocycles. The summed E-state index contributed by atoms with van der Waals surface area (Å²) in [6, 6.07) is 10.2. The molecule has 0 aromatic heterocycles. The molecule has 0 bridgehead atoms. The average molecular weight is 348 g/mol. The Hall–Kier alpha value is -0.810. The van der Waals surface area contributed by atoms with Gasteiger partial charge in [-0.3, -0.25) is 9.69 Å². The molecule has 1 unspecified atom stereocenters. The predicted octanol–water partition coefficient (Wildman–Crippen LogP) is 2.21. The lowest BCUT2D eigenvalue weighted by atomic mass is 9.96. The summed E-state index contributed by atoms with van der Waals surface area (Å²) in [5.41, 5.74) is 6.91. The van der Waals surface area contributed by atoms with Gasteiger partial charge < -0.3 is 11.1 Å². The summed E-state index contributed by atoms with van der Waals surface area (Å²) in [5, 5.41) is 2.93.